The van der Waals surface area contributed by atoms with Gasteiger partial charge in [0.1, 0.15) is 12.1 Å². The molecule has 0 aromatic heterocycles. The summed E-state index contributed by atoms with van der Waals surface area (Å²) in [6, 6.07) is 12.0. The largest absolute Gasteiger partial charge is 0.403 e. The number of carbonyl (C=O) groups is 2. The van der Waals surface area contributed by atoms with E-state index in [1.807, 2.05) is 37.6 Å². The van der Waals surface area contributed by atoms with E-state index >= 15 is 0 Å². The highest BCUT2D eigenvalue weighted by Crippen LogP contribution is 2.35. The topological polar surface area (TPSA) is 215 Å². The van der Waals surface area contributed by atoms with Gasteiger partial charge in [0.2, 0.25) is 11.8 Å². The summed E-state index contributed by atoms with van der Waals surface area (Å²) in [7, 11) is 2.04. The third-order valence-electron chi connectivity index (χ3n) is 13.9. The molecule has 0 spiro atoms. The number of amides is 1. The predicted octanol–water partition coefficient (Wildman–Crippen LogP) is 8.48. The summed E-state index contributed by atoms with van der Waals surface area (Å²) in [6.45, 7) is 26.7. The normalized spacial score (nSPS) is 18.3. The number of rotatable bonds is 38. The molecule has 20 heteroatoms. The highest BCUT2D eigenvalue weighted by Gasteiger charge is 2.36. The minimum absolute atomic E-state index is 0.0502. The number of carbonyl (C=O) groups excluding carboxylic acids is 2. The van der Waals surface area contributed by atoms with Gasteiger partial charge >= 0.3 is 0 Å². The second kappa shape index (κ2) is 47.9. The summed E-state index contributed by atoms with van der Waals surface area (Å²) in [5.41, 5.74) is 6.48. The van der Waals surface area contributed by atoms with E-state index in [1.165, 1.54) is 18.2 Å². The van der Waals surface area contributed by atoms with E-state index < -0.39 is 5.92 Å². The van der Waals surface area contributed by atoms with Crippen LogP contribution in [-0.2, 0) is 47.5 Å². The Bertz CT molecular complexity index is 1680. The van der Waals surface area contributed by atoms with Gasteiger partial charge in [-0.25, -0.2) is 8.78 Å². The van der Waals surface area contributed by atoms with Crippen LogP contribution < -0.4 is 16.4 Å². The van der Waals surface area contributed by atoms with Crippen LogP contribution in [0.4, 0.5) is 8.78 Å². The third-order valence-corrected chi connectivity index (χ3v) is 13.9. The summed E-state index contributed by atoms with van der Waals surface area (Å²) in [6.07, 6.45) is 11.6. The monoisotopic (exact) mass is 1130 g/mol. The van der Waals surface area contributed by atoms with Crippen molar-refractivity contribution in [3.63, 3.8) is 0 Å². The van der Waals surface area contributed by atoms with E-state index in [0.29, 0.717) is 161 Å². The number of nitrogens with one attached hydrogen (secondary N) is 4. The van der Waals surface area contributed by atoms with E-state index in [-0.39, 0.29) is 36.6 Å². The van der Waals surface area contributed by atoms with Crippen LogP contribution in [0.5, 0.6) is 0 Å². The van der Waals surface area contributed by atoms with Crippen LogP contribution in [0.25, 0.3) is 0 Å². The molecule has 2 saturated heterocycles. The molecule has 1 aliphatic carbocycles. The van der Waals surface area contributed by atoms with Crippen LogP contribution in [0, 0.1) is 22.7 Å². The van der Waals surface area contributed by atoms with Crippen LogP contribution in [0.3, 0.4) is 0 Å². The van der Waals surface area contributed by atoms with Gasteiger partial charge < -0.3 is 68.9 Å². The molecule has 1 aromatic carbocycles. The quantitative estimate of drug-likeness (QED) is 0.0182. The number of alkyl halides is 2. The van der Waals surface area contributed by atoms with Gasteiger partial charge in [0.25, 0.3) is 0 Å². The molecule has 18 nitrogen and oxygen atoms in total. The lowest BCUT2D eigenvalue weighted by Crippen LogP contribution is -2.50. The van der Waals surface area contributed by atoms with Crippen molar-refractivity contribution < 1.29 is 56.3 Å². The maximum Gasteiger partial charge on any atom is 0.248 e. The number of ether oxygens (including phenoxy) is 8. The molecule has 6 N–H and O–H groups in total. The molecule has 2 aliphatic heterocycles. The fourth-order valence-electron chi connectivity index (χ4n) is 9.58. The van der Waals surface area contributed by atoms with E-state index in [2.05, 4.69) is 66.6 Å². The lowest BCUT2D eigenvalue weighted by Gasteiger charge is -2.40. The lowest BCUT2D eigenvalue weighted by molar-refractivity contribution is -0.133. The van der Waals surface area contributed by atoms with Crippen molar-refractivity contribution >= 4 is 23.9 Å². The van der Waals surface area contributed by atoms with Gasteiger partial charge in [-0.05, 0) is 98.1 Å². The number of likely N-dealkylation sites (tertiary alicyclic amines) is 2. The fourth-order valence-corrected chi connectivity index (χ4v) is 9.58. The van der Waals surface area contributed by atoms with Crippen molar-refractivity contribution in [1.82, 2.24) is 25.3 Å². The highest BCUT2D eigenvalue weighted by atomic mass is 19.3. The third kappa shape index (κ3) is 34.4. The molecular formula is C59H108F2N8O10. The average Bonchev–Trinajstić information content (AvgIpc) is 3.82. The molecule has 4 atom stereocenters. The summed E-state index contributed by atoms with van der Waals surface area (Å²) >= 11 is 0. The molecule has 3 aliphatic rings. The van der Waals surface area contributed by atoms with E-state index in [4.69, 9.17) is 54.4 Å². The van der Waals surface area contributed by atoms with Gasteiger partial charge in [-0.3, -0.25) is 20.5 Å². The van der Waals surface area contributed by atoms with Crippen molar-refractivity contribution in [2.45, 2.75) is 156 Å². The number of hydrogen-bond donors (Lipinski definition) is 5. The molecule has 458 valence electrons. The van der Waals surface area contributed by atoms with Gasteiger partial charge in [0.05, 0.1) is 105 Å². The van der Waals surface area contributed by atoms with Crippen molar-refractivity contribution in [3.05, 3.63) is 48.3 Å². The standard InChI is InChI=1S/C37H64N6O5.C13H28N2O4.C7H10F2O.C2H6/c1-6-45-22-23-47-26-27-48-25-24-46-21-17-36(44)41-18-14-33(15-19-41)37(39)43(31(4)38)30(3)28-34-13-12-29(2)42(34)20-16-35(40-5)32-10-8-7-9-11-32;1-2-6-16-8-10-18-12-13-19-11-9-17-7-5-15-4-3-14;8-7(9)3-1-6(5-10)2-4-7;1-2/h7-11,29-30,33-35,38-40H,6,12-28H2,1-5H3;3-4,15H,2,5-14H2,1H3;5-6H,1-4H2;1-2H3/b;4-3-;;. The molecule has 4 rings (SSSR count). The molecule has 1 amide bonds. The number of amidine groups is 2. The van der Waals surface area contributed by atoms with Crippen molar-refractivity contribution in [1.29, 1.82) is 10.8 Å². The average molecular weight is 1130 g/mol. The molecular weight excluding hydrogens is 1020 g/mol. The number of halogens is 2. The fraction of sp³-hybridized carbons (Fsp3) is 0.797. The summed E-state index contributed by atoms with van der Waals surface area (Å²) in [5.74, 6) is -1.51. The molecule has 0 radical (unpaired) electrons. The molecule has 2 heterocycles. The number of nitrogens with two attached hydrogens (primary N) is 1. The molecule has 79 heavy (non-hydrogen) atoms. The van der Waals surface area contributed by atoms with Crippen molar-refractivity contribution in [3.8, 4) is 0 Å². The minimum Gasteiger partial charge on any atom is -0.403 e. The van der Waals surface area contributed by atoms with Crippen LogP contribution in [-0.4, -0.2) is 202 Å². The molecule has 4 unspecified atom stereocenters. The van der Waals surface area contributed by atoms with Gasteiger partial charge in [0.15, 0.2) is 0 Å². The smallest absolute Gasteiger partial charge is 0.248 e. The first-order chi connectivity index (χ1) is 38.3. The maximum atomic E-state index is 12.8. The van der Waals surface area contributed by atoms with Gasteiger partial charge in [-0.15, -0.1) is 0 Å². The zero-order valence-electron chi connectivity index (χ0n) is 50.0. The van der Waals surface area contributed by atoms with Crippen molar-refractivity contribution in [2.24, 2.45) is 17.6 Å². The van der Waals surface area contributed by atoms with Crippen LogP contribution in [0.2, 0.25) is 0 Å². The Labute approximate surface area is 475 Å². The summed E-state index contributed by atoms with van der Waals surface area (Å²) in [4.78, 5) is 29.5. The van der Waals surface area contributed by atoms with Crippen LogP contribution in [0.15, 0.2) is 42.7 Å². The Kier molecular flexibility index (Phi) is 44.4. The molecule has 3 fully saturated rings. The van der Waals surface area contributed by atoms with Gasteiger partial charge in [0, 0.05) is 101 Å². The Morgan fingerprint density at radius 3 is 1.80 bits per heavy atom. The Balaban J connectivity index is 0.000000818. The Morgan fingerprint density at radius 2 is 1.30 bits per heavy atom. The number of aldehydes is 1. The van der Waals surface area contributed by atoms with E-state index in [1.54, 1.807) is 13.1 Å². The highest BCUT2D eigenvalue weighted by molar-refractivity contribution is 5.98. The van der Waals surface area contributed by atoms with Crippen LogP contribution in [0.1, 0.15) is 137 Å². The maximum absolute atomic E-state index is 12.8. The first-order valence-corrected chi connectivity index (χ1v) is 29.6. The molecule has 0 bridgehead atoms. The van der Waals surface area contributed by atoms with E-state index in [0.717, 1.165) is 64.5 Å². The number of piperidine rings is 1. The van der Waals surface area contributed by atoms with E-state index in [9.17, 15) is 18.4 Å². The zero-order chi connectivity index (χ0) is 58.4. The second-order valence-corrected chi connectivity index (χ2v) is 19.8. The molecule has 1 saturated carbocycles. The Morgan fingerprint density at radius 1 is 0.785 bits per heavy atom. The van der Waals surface area contributed by atoms with Crippen molar-refractivity contribution in [2.75, 3.05) is 139 Å². The first kappa shape index (κ1) is 73.3. The van der Waals surface area contributed by atoms with Crippen LogP contribution >= 0.6 is 0 Å². The predicted molar refractivity (Wildman–Crippen MR) is 311 cm³/mol. The molecule has 1 aromatic rings. The number of hydrogen-bond acceptors (Lipinski definition) is 16. The number of benzene rings is 1. The van der Waals surface area contributed by atoms with Gasteiger partial charge in [-0.2, -0.15) is 0 Å². The SMILES string of the molecule is CC.CCCOCCOCCOCCOCCN/C=C\N.CCOCCOCCOCCOCCC(=O)N1CCC(C(=N)N(C(C)=N)C(C)CC2CCC(C)N2CCC(NC)c2ccccc2)CC1.O=CC1CCC(F)(F)CC1. The first-order valence-electron chi connectivity index (χ1n) is 29.6. The lowest BCUT2D eigenvalue weighted by atomic mass is 9.88. The Hall–Kier alpha value is -3.70. The van der Waals surface area contributed by atoms with Gasteiger partial charge in [-0.1, -0.05) is 51.1 Å². The summed E-state index contributed by atoms with van der Waals surface area (Å²) < 4.78 is 67.8. The summed E-state index contributed by atoms with van der Waals surface area (Å²) in [5, 5.41) is 24.3. The minimum atomic E-state index is -2.50. The number of nitrogens with zero attached hydrogens (tertiary/aromatic N) is 3. The second-order valence-electron chi connectivity index (χ2n) is 19.8. The zero-order valence-corrected chi connectivity index (χ0v) is 50.0.